The van der Waals surface area contributed by atoms with Crippen LogP contribution >= 0.6 is 23.1 Å². The van der Waals surface area contributed by atoms with E-state index >= 15 is 0 Å². The molecule has 0 saturated carbocycles. The Bertz CT molecular complexity index is 511. The number of nitrogens with zero attached hydrogens (tertiary/aromatic N) is 2. The Balaban J connectivity index is 1.53. The summed E-state index contributed by atoms with van der Waals surface area (Å²) in [5.41, 5.74) is 0. The highest BCUT2D eigenvalue weighted by Crippen LogP contribution is 2.20. The zero-order valence-electron chi connectivity index (χ0n) is 12.0. The molecule has 2 aromatic heterocycles. The van der Waals surface area contributed by atoms with Crippen LogP contribution in [0, 0.1) is 0 Å². The Hall–Kier alpha value is -1.47. The van der Waals surface area contributed by atoms with Gasteiger partial charge in [-0.25, -0.2) is 4.98 Å². The smallest absolute Gasteiger partial charge is 0.190 e. The predicted octanol–water partition coefficient (Wildman–Crippen LogP) is 2.63. The molecule has 2 heterocycles. The molecule has 2 N–H and O–H groups in total. The van der Waals surface area contributed by atoms with Crippen LogP contribution in [0.1, 0.15) is 12.2 Å². The molecule has 2 aromatic rings. The van der Waals surface area contributed by atoms with Crippen molar-refractivity contribution in [1.82, 2.24) is 15.6 Å². The van der Waals surface area contributed by atoms with Gasteiger partial charge in [-0.3, -0.25) is 4.99 Å². The molecular formula is C14H20N4OS2. The largest absolute Gasteiger partial charge is 0.469 e. The Morgan fingerprint density at radius 2 is 2.33 bits per heavy atom. The summed E-state index contributed by atoms with van der Waals surface area (Å²) in [6, 6.07) is 3.89. The highest BCUT2D eigenvalue weighted by Gasteiger charge is 2.00. The first-order chi connectivity index (χ1) is 10.4. The van der Waals surface area contributed by atoms with Crippen LogP contribution in [0.5, 0.6) is 0 Å². The SMILES string of the molecule is CN=C(NCCCSc1nccs1)NCCc1ccco1. The molecule has 0 unspecified atom stereocenters. The van der Waals surface area contributed by atoms with Gasteiger partial charge < -0.3 is 15.1 Å². The zero-order valence-corrected chi connectivity index (χ0v) is 13.7. The van der Waals surface area contributed by atoms with Gasteiger partial charge in [-0.05, 0) is 18.6 Å². The monoisotopic (exact) mass is 324 g/mol. The average Bonchev–Trinajstić information content (AvgIpc) is 3.18. The molecule has 0 atom stereocenters. The van der Waals surface area contributed by atoms with Crippen LogP contribution in [0.2, 0.25) is 0 Å². The molecule has 7 heteroatoms. The minimum atomic E-state index is 0.807. The number of nitrogens with one attached hydrogen (secondary N) is 2. The third-order valence-electron chi connectivity index (χ3n) is 2.72. The first-order valence-corrected chi connectivity index (χ1v) is 8.74. The number of rotatable bonds is 8. The van der Waals surface area contributed by atoms with E-state index in [0.717, 1.165) is 47.7 Å². The number of hydrogen-bond donors (Lipinski definition) is 2. The van der Waals surface area contributed by atoms with E-state index in [9.17, 15) is 0 Å². The lowest BCUT2D eigenvalue weighted by molar-refractivity contribution is 0.507. The number of thiazole rings is 1. The maximum absolute atomic E-state index is 5.29. The molecular weight excluding hydrogens is 304 g/mol. The van der Waals surface area contributed by atoms with E-state index in [1.807, 2.05) is 23.7 Å². The van der Waals surface area contributed by atoms with Gasteiger partial charge in [-0.2, -0.15) is 0 Å². The number of thioether (sulfide) groups is 1. The van der Waals surface area contributed by atoms with Crippen molar-refractivity contribution >= 4 is 29.1 Å². The zero-order chi connectivity index (χ0) is 14.8. The molecule has 21 heavy (non-hydrogen) atoms. The van der Waals surface area contributed by atoms with Gasteiger partial charge in [0.15, 0.2) is 5.96 Å². The Labute approximate surface area is 133 Å². The Morgan fingerprint density at radius 3 is 3.05 bits per heavy atom. The normalized spacial score (nSPS) is 11.6. The quantitative estimate of drug-likeness (QED) is 0.338. The van der Waals surface area contributed by atoms with E-state index < -0.39 is 0 Å². The summed E-state index contributed by atoms with van der Waals surface area (Å²) in [5, 5.41) is 8.59. The number of hydrogen-bond acceptors (Lipinski definition) is 5. The second-order valence-corrected chi connectivity index (χ2v) is 6.49. The fraction of sp³-hybridized carbons (Fsp3) is 0.429. The average molecular weight is 324 g/mol. The van der Waals surface area contributed by atoms with E-state index in [1.165, 1.54) is 0 Å². The van der Waals surface area contributed by atoms with Crippen molar-refractivity contribution in [3.8, 4) is 0 Å². The molecule has 0 aromatic carbocycles. The fourth-order valence-electron chi connectivity index (χ4n) is 1.70. The van der Waals surface area contributed by atoms with E-state index in [1.54, 1.807) is 36.4 Å². The molecule has 0 radical (unpaired) electrons. The summed E-state index contributed by atoms with van der Waals surface area (Å²) in [7, 11) is 1.78. The van der Waals surface area contributed by atoms with E-state index in [0.29, 0.717) is 0 Å². The van der Waals surface area contributed by atoms with Gasteiger partial charge >= 0.3 is 0 Å². The number of guanidine groups is 1. The highest BCUT2D eigenvalue weighted by molar-refractivity contribution is 8.00. The first-order valence-electron chi connectivity index (χ1n) is 6.87. The Morgan fingerprint density at radius 1 is 1.43 bits per heavy atom. The third-order valence-corrected chi connectivity index (χ3v) is 4.77. The van der Waals surface area contributed by atoms with Gasteiger partial charge in [0.05, 0.1) is 6.26 Å². The lowest BCUT2D eigenvalue weighted by atomic mass is 10.3. The molecule has 0 aliphatic heterocycles. The minimum absolute atomic E-state index is 0.807. The van der Waals surface area contributed by atoms with Gasteiger partial charge in [0.1, 0.15) is 10.1 Å². The summed E-state index contributed by atoms with van der Waals surface area (Å²) in [6.07, 6.45) is 5.47. The summed E-state index contributed by atoms with van der Waals surface area (Å²) in [5.74, 6) is 2.88. The van der Waals surface area contributed by atoms with Crippen molar-refractivity contribution in [2.75, 3.05) is 25.9 Å². The van der Waals surface area contributed by atoms with Gasteiger partial charge in [-0.15, -0.1) is 11.3 Å². The second-order valence-electron chi connectivity index (χ2n) is 4.26. The lowest BCUT2D eigenvalue weighted by Crippen LogP contribution is -2.38. The molecule has 2 rings (SSSR count). The van der Waals surface area contributed by atoms with Crippen molar-refractivity contribution in [3.63, 3.8) is 0 Å². The topological polar surface area (TPSA) is 62.5 Å². The molecule has 0 aliphatic carbocycles. The maximum atomic E-state index is 5.29. The molecule has 0 amide bonds. The van der Waals surface area contributed by atoms with Gasteiger partial charge in [-0.1, -0.05) is 11.8 Å². The summed E-state index contributed by atoms with van der Waals surface area (Å²) < 4.78 is 6.42. The number of aliphatic imine (C=N–C) groups is 1. The van der Waals surface area contributed by atoms with Crippen LogP contribution in [0.4, 0.5) is 0 Å². The van der Waals surface area contributed by atoms with Crippen molar-refractivity contribution in [1.29, 1.82) is 0 Å². The third kappa shape index (κ3) is 6.22. The highest BCUT2D eigenvalue weighted by atomic mass is 32.2. The molecule has 0 saturated heterocycles. The minimum Gasteiger partial charge on any atom is -0.469 e. The fourth-order valence-corrected chi connectivity index (χ4v) is 3.35. The van der Waals surface area contributed by atoms with Gasteiger partial charge in [0, 0.05) is 43.9 Å². The maximum Gasteiger partial charge on any atom is 0.190 e. The van der Waals surface area contributed by atoms with Crippen LogP contribution in [-0.4, -0.2) is 36.8 Å². The Kier molecular flexibility index (Phi) is 7.17. The van der Waals surface area contributed by atoms with Crippen molar-refractivity contribution < 1.29 is 4.42 Å². The molecule has 5 nitrogen and oxygen atoms in total. The van der Waals surface area contributed by atoms with Crippen LogP contribution in [0.15, 0.2) is 43.7 Å². The summed E-state index contributed by atoms with van der Waals surface area (Å²) in [6.45, 7) is 1.71. The summed E-state index contributed by atoms with van der Waals surface area (Å²) >= 11 is 3.49. The molecule has 0 fully saturated rings. The second kappa shape index (κ2) is 9.46. The van der Waals surface area contributed by atoms with Crippen LogP contribution in [0.3, 0.4) is 0 Å². The van der Waals surface area contributed by atoms with Crippen molar-refractivity contribution in [2.24, 2.45) is 4.99 Å². The van der Waals surface area contributed by atoms with Crippen molar-refractivity contribution in [3.05, 3.63) is 35.7 Å². The molecule has 0 aliphatic rings. The summed E-state index contributed by atoms with van der Waals surface area (Å²) in [4.78, 5) is 8.45. The lowest BCUT2D eigenvalue weighted by Gasteiger charge is -2.10. The van der Waals surface area contributed by atoms with Crippen LogP contribution in [0.25, 0.3) is 0 Å². The van der Waals surface area contributed by atoms with E-state index in [-0.39, 0.29) is 0 Å². The van der Waals surface area contributed by atoms with Gasteiger partial charge in [0.2, 0.25) is 0 Å². The molecule has 0 bridgehead atoms. The predicted molar refractivity (Wildman–Crippen MR) is 89.2 cm³/mol. The van der Waals surface area contributed by atoms with Gasteiger partial charge in [0.25, 0.3) is 0 Å². The number of furan rings is 1. The van der Waals surface area contributed by atoms with E-state index in [2.05, 4.69) is 20.6 Å². The van der Waals surface area contributed by atoms with Crippen LogP contribution in [-0.2, 0) is 6.42 Å². The molecule has 114 valence electrons. The van der Waals surface area contributed by atoms with Crippen LogP contribution < -0.4 is 10.6 Å². The molecule has 0 spiro atoms. The van der Waals surface area contributed by atoms with Crippen molar-refractivity contribution in [2.45, 2.75) is 17.2 Å². The first kappa shape index (κ1) is 15.9. The standard InChI is InChI=1S/C14H20N4OS2/c1-15-13(17-7-5-12-4-2-9-19-12)16-6-3-10-20-14-18-8-11-21-14/h2,4,8-9,11H,3,5-7,10H2,1H3,(H2,15,16,17). The number of aromatic nitrogens is 1. The van der Waals surface area contributed by atoms with E-state index in [4.69, 9.17) is 4.42 Å².